The van der Waals surface area contributed by atoms with E-state index in [0.717, 1.165) is 12.1 Å². The maximum atomic E-state index is 13.9. The van der Waals surface area contributed by atoms with Gasteiger partial charge in [-0.3, -0.25) is 0 Å². The van der Waals surface area contributed by atoms with Crippen LogP contribution in [-0.2, 0) is 20.9 Å². The van der Waals surface area contributed by atoms with Crippen molar-refractivity contribution in [2.24, 2.45) is 0 Å². The molecule has 1 aromatic carbocycles. The summed E-state index contributed by atoms with van der Waals surface area (Å²) in [6.07, 6.45) is -1.78. The molecular weight excluding hydrogens is 246 g/mol. The number of esters is 1. The van der Waals surface area contributed by atoms with Crippen LogP contribution in [0.3, 0.4) is 0 Å². The Morgan fingerprint density at radius 3 is 2.67 bits per heavy atom. The minimum atomic E-state index is -1.78. The van der Waals surface area contributed by atoms with Crippen LogP contribution >= 0.6 is 0 Å². The fraction of sp³-hybridized carbons (Fsp3) is 0.417. The highest BCUT2D eigenvalue weighted by atomic mass is 19.1. The third-order valence-corrected chi connectivity index (χ3v) is 2.31. The Labute approximate surface area is 103 Å². The van der Waals surface area contributed by atoms with Crippen molar-refractivity contribution < 1.29 is 28.2 Å². The van der Waals surface area contributed by atoms with Gasteiger partial charge in [-0.2, -0.15) is 0 Å². The lowest BCUT2D eigenvalue weighted by atomic mass is 10.0. The summed E-state index contributed by atoms with van der Waals surface area (Å²) in [6, 6.07) is 1.97. The third kappa shape index (κ3) is 3.02. The minimum absolute atomic E-state index is 0.0592. The Morgan fingerprint density at radius 2 is 2.11 bits per heavy atom. The Balaban J connectivity index is 3.10. The van der Waals surface area contributed by atoms with Crippen molar-refractivity contribution in [2.45, 2.75) is 19.6 Å². The van der Waals surface area contributed by atoms with Gasteiger partial charge >= 0.3 is 5.97 Å². The molecule has 0 aliphatic heterocycles. The van der Waals surface area contributed by atoms with Crippen LogP contribution < -0.4 is 0 Å². The molecule has 0 bridgehead atoms. The van der Waals surface area contributed by atoms with Crippen molar-refractivity contribution in [3.05, 3.63) is 34.9 Å². The summed E-state index contributed by atoms with van der Waals surface area (Å²) in [5, 5.41) is 9.61. The molecule has 0 spiro atoms. The predicted molar refractivity (Wildman–Crippen MR) is 58.7 cm³/mol. The molecule has 0 saturated carbocycles. The summed E-state index contributed by atoms with van der Waals surface area (Å²) in [6.45, 7) is 1.33. The number of halogens is 2. The van der Waals surface area contributed by atoms with Gasteiger partial charge < -0.3 is 14.6 Å². The standard InChI is InChI=1S/C12H14F2O4/c1-3-18-12(16)11(15)7-4-5-9(13)8(6-17-2)10(7)14/h4-5,11,15H,3,6H2,1-2H3. The molecule has 0 amide bonds. The summed E-state index contributed by atoms with van der Waals surface area (Å²) in [7, 11) is 1.29. The van der Waals surface area contributed by atoms with E-state index in [4.69, 9.17) is 0 Å². The van der Waals surface area contributed by atoms with Gasteiger partial charge in [-0.1, -0.05) is 0 Å². The van der Waals surface area contributed by atoms with Crippen LogP contribution in [-0.4, -0.2) is 24.8 Å². The number of rotatable bonds is 5. The van der Waals surface area contributed by atoms with E-state index in [9.17, 15) is 18.7 Å². The van der Waals surface area contributed by atoms with E-state index in [1.54, 1.807) is 6.92 Å². The van der Waals surface area contributed by atoms with Crippen molar-refractivity contribution in [3.8, 4) is 0 Å². The normalized spacial score (nSPS) is 12.3. The maximum absolute atomic E-state index is 13.9. The summed E-state index contributed by atoms with van der Waals surface area (Å²) in [5.74, 6) is -2.78. The van der Waals surface area contributed by atoms with Gasteiger partial charge in [-0.05, 0) is 19.1 Å². The summed E-state index contributed by atoms with van der Waals surface area (Å²) < 4.78 is 36.4. The minimum Gasteiger partial charge on any atom is -0.464 e. The lowest BCUT2D eigenvalue weighted by molar-refractivity contribution is -0.153. The topological polar surface area (TPSA) is 55.8 Å². The first kappa shape index (κ1) is 14.5. The quantitative estimate of drug-likeness (QED) is 0.819. The van der Waals surface area contributed by atoms with E-state index in [0.29, 0.717) is 0 Å². The second-order valence-electron chi connectivity index (χ2n) is 3.52. The smallest absolute Gasteiger partial charge is 0.339 e. The molecule has 0 aliphatic rings. The number of hydrogen-bond acceptors (Lipinski definition) is 4. The first-order valence-electron chi connectivity index (χ1n) is 5.33. The fourth-order valence-electron chi connectivity index (χ4n) is 1.45. The summed E-state index contributed by atoms with van der Waals surface area (Å²) >= 11 is 0. The van der Waals surface area contributed by atoms with Crippen LogP contribution in [0.1, 0.15) is 24.2 Å². The Hall–Kier alpha value is -1.53. The van der Waals surface area contributed by atoms with Gasteiger partial charge in [0.1, 0.15) is 11.6 Å². The molecule has 1 atom stereocenters. The van der Waals surface area contributed by atoms with Crippen LogP contribution in [0.25, 0.3) is 0 Å². The van der Waals surface area contributed by atoms with Crippen LogP contribution in [0.15, 0.2) is 12.1 Å². The first-order chi connectivity index (χ1) is 8.52. The molecule has 1 aromatic rings. The second-order valence-corrected chi connectivity index (χ2v) is 3.52. The van der Waals surface area contributed by atoms with Gasteiger partial charge in [-0.15, -0.1) is 0 Å². The van der Waals surface area contributed by atoms with Crippen molar-refractivity contribution in [2.75, 3.05) is 13.7 Å². The summed E-state index contributed by atoms with van der Waals surface area (Å²) in [4.78, 5) is 11.3. The molecule has 0 saturated heterocycles. The van der Waals surface area contributed by atoms with Crippen molar-refractivity contribution >= 4 is 5.97 Å². The molecule has 0 fully saturated rings. The molecule has 18 heavy (non-hydrogen) atoms. The Bertz CT molecular complexity index is 434. The van der Waals surface area contributed by atoms with Gasteiger partial charge in [0.2, 0.25) is 0 Å². The van der Waals surface area contributed by atoms with Crippen molar-refractivity contribution in [3.63, 3.8) is 0 Å². The number of ether oxygens (including phenoxy) is 2. The average molecular weight is 260 g/mol. The molecular formula is C12H14F2O4. The van der Waals surface area contributed by atoms with E-state index in [1.165, 1.54) is 7.11 Å². The zero-order valence-electron chi connectivity index (χ0n) is 10.1. The molecule has 0 aliphatic carbocycles. The molecule has 6 heteroatoms. The number of carbonyl (C=O) groups excluding carboxylic acids is 1. The number of benzene rings is 1. The highest BCUT2D eigenvalue weighted by Crippen LogP contribution is 2.24. The van der Waals surface area contributed by atoms with Crippen LogP contribution in [0.4, 0.5) is 8.78 Å². The number of aliphatic hydroxyl groups excluding tert-OH is 1. The third-order valence-electron chi connectivity index (χ3n) is 2.31. The molecule has 1 rings (SSSR count). The zero-order valence-corrected chi connectivity index (χ0v) is 10.1. The highest BCUT2D eigenvalue weighted by molar-refractivity contribution is 5.76. The van der Waals surface area contributed by atoms with Crippen molar-refractivity contribution in [1.82, 2.24) is 0 Å². The lowest BCUT2D eigenvalue weighted by Crippen LogP contribution is -2.17. The van der Waals surface area contributed by atoms with Crippen molar-refractivity contribution in [1.29, 1.82) is 0 Å². The van der Waals surface area contributed by atoms with E-state index in [1.807, 2.05) is 0 Å². The van der Waals surface area contributed by atoms with Gasteiger partial charge in [-0.25, -0.2) is 13.6 Å². The molecule has 100 valence electrons. The van der Waals surface area contributed by atoms with E-state index in [2.05, 4.69) is 9.47 Å². The van der Waals surface area contributed by atoms with Crippen LogP contribution in [0, 0.1) is 11.6 Å². The Morgan fingerprint density at radius 1 is 1.44 bits per heavy atom. The van der Waals surface area contributed by atoms with Gasteiger partial charge in [0.15, 0.2) is 6.10 Å². The van der Waals surface area contributed by atoms with E-state index in [-0.39, 0.29) is 24.3 Å². The molecule has 1 N–H and O–H groups in total. The van der Waals surface area contributed by atoms with Gasteiger partial charge in [0, 0.05) is 18.2 Å². The molecule has 0 radical (unpaired) electrons. The number of hydrogen-bond donors (Lipinski definition) is 1. The zero-order chi connectivity index (χ0) is 13.7. The van der Waals surface area contributed by atoms with E-state index < -0.39 is 23.7 Å². The molecule has 0 heterocycles. The predicted octanol–water partition coefficient (Wildman–Crippen LogP) is 1.71. The number of carbonyl (C=O) groups is 1. The molecule has 1 unspecified atom stereocenters. The lowest BCUT2D eigenvalue weighted by Gasteiger charge is -2.13. The highest BCUT2D eigenvalue weighted by Gasteiger charge is 2.25. The maximum Gasteiger partial charge on any atom is 0.339 e. The SMILES string of the molecule is CCOC(=O)C(O)c1ccc(F)c(COC)c1F. The fourth-order valence-corrected chi connectivity index (χ4v) is 1.45. The largest absolute Gasteiger partial charge is 0.464 e. The van der Waals surface area contributed by atoms with Crippen LogP contribution in [0.2, 0.25) is 0 Å². The number of aliphatic hydroxyl groups is 1. The average Bonchev–Trinajstić information content (AvgIpc) is 2.34. The Kier molecular flexibility index (Phi) is 5.18. The van der Waals surface area contributed by atoms with E-state index >= 15 is 0 Å². The monoisotopic (exact) mass is 260 g/mol. The van der Waals surface area contributed by atoms with Gasteiger partial charge in [0.25, 0.3) is 0 Å². The summed E-state index contributed by atoms with van der Waals surface area (Å²) in [5.41, 5.74) is -0.666. The number of methoxy groups -OCH3 is 1. The molecule has 0 aromatic heterocycles. The van der Waals surface area contributed by atoms with Gasteiger partial charge in [0.05, 0.1) is 13.2 Å². The first-order valence-corrected chi connectivity index (χ1v) is 5.33. The second kappa shape index (κ2) is 6.42. The molecule has 4 nitrogen and oxygen atoms in total. The van der Waals surface area contributed by atoms with Crippen LogP contribution in [0.5, 0.6) is 0 Å².